The summed E-state index contributed by atoms with van der Waals surface area (Å²) in [6.07, 6.45) is 7.33. The summed E-state index contributed by atoms with van der Waals surface area (Å²) in [7, 11) is 0. The van der Waals surface area contributed by atoms with Crippen molar-refractivity contribution in [2.24, 2.45) is 5.92 Å². The van der Waals surface area contributed by atoms with Crippen LogP contribution in [0.1, 0.15) is 46.0 Å². The van der Waals surface area contributed by atoms with Gasteiger partial charge in [0.05, 0.1) is 0 Å². The smallest absolute Gasteiger partial charge is 0.158 e. The van der Waals surface area contributed by atoms with Gasteiger partial charge in [0.2, 0.25) is 0 Å². The van der Waals surface area contributed by atoms with Crippen LogP contribution in [0.5, 0.6) is 0 Å². The Bertz CT molecular complexity index is 191. The maximum Gasteiger partial charge on any atom is 0.158 e. The van der Waals surface area contributed by atoms with E-state index in [1.807, 2.05) is 0 Å². The Morgan fingerprint density at radius 2 is 2.25 bits per heavy atom. The van der Waals surface area contributed by atoms with Crippen LogP contribution >= 0.6 is 0 Å². The second-order valence-electron chi connectivity index (χ2n) is 3.76. The van der Waals surface area contributed by atoms with Crippen molar-refractivity contribution in [3.8, 4) is 0 Å². The number of rotatable bonds is 3. The van der Waals surface area contributed by atoms with Gasteiger partial charge in [0.25, 0.3) is 0 Å². The minimum absolute atomic E-state index is 0.387. The minimum atomic E-state index is 0.387. The van der Waals surface area contributed by atoms with Crippen molar-refractivity contribution in [3.05, 3.63) is 11.6 Å². The molecule has 0 N–H and O–H groups in total. The molecule has 0 bridgehead atoms. The number of carbonyl (C=O) groups is 1. The highest BCUT2D eigenvalue weighted by Gasteiger charge is 2.16. The van der Waals surface area contributed by atoms with Crippen LogP contribution in [0.4, 0.5) is 0 Å². The van der Waals surface area contributed by atoms with Crippen LogP contribution in [0, 0.1) is 5.92 Å². The number of allylic oxidation sites excluding steroid dienone is 2. The molecular weight excluding hydrogens is 148 g/mol. The third kappa shape index (κ3) is 2.47. The fourth-order valence-electron chi connectivity index (χ4n) is 1.47. The lowest BCUT2D eigenvalue weighted by atomic mass is 10.0. The Kier molecular flexibility index (Phi) is 3.51. The number of ketones is 1. The monoisotopic (exact) mass is 166 g/mol. The first kappa shape index (κ1) is 9.50. The quantitative estimate of drug-likeness (QED) is 0.589. The average Bonchev–Trinajstić information content (AvgIpc) is 2.47. The predicted octanol–water partition coefficient (Wildman–Crippen LogP) is 3.10. The van der Waals surface area contributed by atoms with Crippen molar-refractivity contribution in [3.63, 3.8) is 0 Å². The zero-order chi connectivity index (χ0) is 8.97. The summed E-state index contributed by atoms with van der Waals surface area (Å²) >= 11 is 0. The molecular formula is C11H18O. The van der Waals surface area contributed by atoms with E-state index in [4.69, 9.17) is 0 Å². The Morgan fingerprint density at radius 3 is 2.75 bits per heavy atom. The van der Waals surface area contributed by atoms with Crippen LogP contribution in [0.3, 0.4) is 0 Å². The van der Waals surface area contributed by atoms with Gasteiger partial charge in [-0.05, 0) is 30.8 Å². The number of hydrogen-bond donors (Lipinski definition) is 0. The van der Waals surface area contributed by atoms with Gasteiger partial charge in [-0.1, -0.05) is 26.3 Å². The lowest BCUT2D eigenvalue weighted by Crippen LogP contribution is -1.94. The maximum atomic E-state index is 11.2. The average molecular weight is 166 g/mol. The predicted molar refractivity (Wildman–Crippen MR) is 51.0 cm³/mol. The highest BCUT2D eigenvalue weighted by Crippen LogP contribution is 2.22. The molecule has 68 valence electrons. The molecule has 1 aliphatic carbocycles. The summed E-state index contributed by atoms with van der Waals surface area (Å²) in [4.78, 5) is 11.2. The van der Waals surface area contributed by atoms with E-state index < -0.39 is 0 Å². The van der Waals surface area contributed by atoms with Gasteiger partial charge in [-0.25, -0.2) is 0 Å². The molecule has 1 heteroatoms. The fraction of sp³-hybridized carbons (Fsp3) is 0.727. The van der Waals surface area contributed by atoms with Crippen molar-refractivity contribution in [1.82, 2.24) is 0 Å². The molecule has 1 unspecified atom stereocenters. The molecule has 0 saturated heterocycles. The summed E-state index contributed by atoms with van der Waals surface area (Å²) in [5, 5.41) is 0. The Morgan fingerprint density at radius 1 is 1.50 bits per heavy atom. The van der Waals surface area contributed by atoms with Gasteiger partial charge in [0.1, 0.15) is 0 Å². The highest BCUT2D eigenvalue weighted by atomic mass is 16.1. The summed E-state index contributed by atoms with van der Waals surface area (Å²) in [6, 6.07) is 0. The molecule has 1 aliphatic rings. The molecule has 0 radical (unpaired) electrons. The number of hydrogen-bond acceptors (Lipinski definition) is 1. The van der Waals surface area contributed by atoms with Crippen molar-refractivity contribution < 1.29 is 4.79 Å². The third-order valence-corrected chi connectivity index (χ3v) is 2.67. The molecule has 1 nitrogen and oxygen atoms in total. The second kappa shape index (κ2) is 4.44. The Hall–Kier alpha value is -0.590. The summed E-state index contributed by atoms with van der Waals surface area (Å²) < 4.78 is 0. The molecule has 1 atom stereocenters. The fourth-order valence-corrected chi connectivity index (χ4v) is 1.47. The number of carbonyl (C=O) groups excluding carboxylic acids is 1. The van der Waals surface area contributed by atoms with Crippen LogP contribution in [-0.2, 0) is 4.79 Å². The number of Topliss-reactive ketones (excluding diaryl/α,β-unsaturated/α-hetero) is 1. The van der Waals surface area contributed by atoms with Gasteiger partial charge >= 0.3 is 0 Å². The van der Waals surface area contributed by atoms with E-state index in [1.54, 1.807) is 0 Å². The largest absolute Gasteiger partial charge is 0.295 e. The van der Waals surface area contributed by atoms with Crippen molar-refractivity contribution in [2.75, 3.05) is 0 Å². The van der Waals surface area contributed by atoms with E-state index in [-0.39, 0.29) is 0 Å². The van der Waals surface area contributed by atoms with Gasteiger partial charge in [0.15, 0.2) is 5.78 Å². The van der Waals surface area contributed by atoms with Crippen molar-refractivity contribution >= 4 is 5.78 Å². The van der Waals surface area contributed by atoms with E-state index >= 15 is 0 Å². The maximum absolute atomic E-state index is 11.2. The first-order valence-corrected chi connectivity index (χ1v) is 4.96. The molecule has 1 fully saturated rings. The zero-order valence-electron chi connectivity index (χ0n) is 8.10. The molecule has 0 amide bonds. The minimum Gasteiger partial charge on any atom is -0.295 e. The van der Waals surface area contributed by atoms with Gasteiger partial charge < -0.3 is 0 Å². The van der Waals surface area contributed by atoms with Gasteiger partial charge in [0, 0.05) is 6.42 Å². The molecule has 0 aromatic heterocycles. The van der Waals surface area contributed by atoms with E-state index in [0.717, 1.165) is 37.2 Å². The topological polar surface area (TPSA) is 17.1 Å². The van der Waals surface area contributed by atoms with Crippen molar-refractivity contribution in [2.45, 2.75) is 46.0 Å². The molecule has 1 saturated carbocycles. The molecule has 0 aromatic rings. The third-order valence-electron chi connectivity index (χ3n) is 2.67. The van der Waals surface area contributed by atoms with Crippen molar-refractivity contribution in [1.29, 1.82) is 0 Å². The summed E-state index contributed by atoms with van der Waals surface area (Å²) in [5.74, 6) is 1.12. The van der Waals surface area contributed by atoms with Crippen LogP contribution < -0.4 is 0 Å². The van der Waals surface area contributed by atoms with Gasteiger partial charge in [-0.3, -0.25) is 4.79 Å². The van der Waals surface area contributed by atoms with E-state index in [9.17, 15) is 4.79 Å². The van der Waals surface area contributed by atoms with E-state index in [1.165, 1.54) is 6.42 Å². The van der Waals surface area contributed by atoms with Crippen LogP contribution in [0.25, 0.3) is 0 Å². The lowest BCUT2D eigenvalue weighted by molar-refractivity contribution is -0.114. The molecule has 1 rings (SSSR count). The molecule has 12 heavy (non-hydrogen) atoms. The Labute approximate surface area is 74.9 Å². The van der Waals surface area contributed by atoms with Crippen LogP contribution in [0.15, 0.2) is 11.6 Å². The van der Waals surface area contributed by atoms with Crippen LogP contribution in [0.2, 0.25) is 0 Å². The normalized spacial score (nSPS) is 23.5. The van der Waals surface area contributed by atoms with Gasteiger partial charge in [-0.15, -0.1) is 0 Å². The molecule has 0 heterocycles. The molecule has 0 aromatic carbocycles. The van der Waals surface area contributed by atoms with Gasteiger partial charge in [-0.2, -0.15) is 0 Å². The highest BCUT2D eigenvalue weighted by molar-refractivity contribution is 5.97. The summed E-state index contributed by atoms with van der Waals surface area (Å²) in [6.45, 7) is 4.43. The Balaban J connectivity index is 2.40. The first-order valence-electron chi connectivity index (χ1n) is 4.96. The second-order valence-corrected chi connectivity index (χ2v) is 3.76. The molecule has 0 aliphatic heterocycles. The van der Waals surface area contributed by atoms with E-state index in [2.05, 4.69) is 19.9 Å². The zero-order valence-corrected chi connectivity index (χ0v) is 8.10. The summed E-state index contributed by atoms with van der Waals surface area (Å²) in [5.41, 5.74) is 1.09. The van der Waals surface area contributed by atoms with E-state index in [0.29, 0.717) is 5.78 Å². The first-order chi connectivity index (χ1) is 5.74. The van der Waals surface area contributed by atoms with Crippen LogP contribution in [-0.4, -0.2) is 5.78 Å². The lowest BCUT2D eigenvalue weighted by Gasteiger charge is -2.03. The SMILES string of the molecule is CCC(C)CC=C1CCCC1=O. The molecule has 0 spiro atoms. The standard InChI is InChI=1S/C11H18O/c1-3-9(2)7-8-10-5-4-6-11(10)12/h8-9H,3-7H2,1-2H3.